The zero-order chi connectivity index (χ0) is 16.4. The highest BCUT2D eigenvalue weighted by Crippen LogP contribution is 2.26. The molecule has 3 nitrogen and oxygen atoms in total. The summed E-state index contributed by atoms with van der Waals surface area (Å²) in [5.74, 6) is 0. The normalized spacial score (nSPS) is 20.1. The third kappa shape index (κ3) is 4.04. The van der Waals surface area contributed by atoms with Gasteiger partial charge in [0.1, 0.15) is 0 Å². The molecule has 2 aromatic rings. The lowest BCUT2D eigenvalue weighted by Gasteiger charge is -2.18. The van der Waals surface area contributed by atoms with Gasteiger partial charge in [-0.3, -0.25) is 0 Å². The van der Waals surface area contributed by atoms with Crippen LogP contribution in [-0.4, -0.2) is 40.2 Å². The number of likely N-dealkylation sites (N-methyl/N-ethyl adjacent to an activating group) is 1. The van der Waals surface area contributed by atoms with Gasteiger partial charge in [-0.05, 0) is 76.4 Å². The van der Waals surface area contributed by atoms with Gasteiger partial charge in [0.25, 0.3) is 0 Å². The van der Waals surface area contributed by atoms with E-state index >= 15 is 0 Å². The number of aromatic nitrogens is 1. The second kappa shape index (κ2) is 6.50. The summed E-state index contributed by atoms with van der Waals surface area (Å²) in [6.45, 7) is 4.89. The van der Waals surface area contributed by atoms with Crippen LogP contribution in [0.15, 0.2) is 30.5 Å². The summed E-state index contributed by atoms with van der Waals surface area (Å²) in [5.41, 5.74) is 3.17. The summed E-state index contributed by atoms with van der Waals surface area (Å²) in [4.78, 5) is 5.88. The number of hydrogen-bond acceptors (Lipinski definition) is 2. The van der Waals surface area contributed by atoms with Crippen molar-refractivity contribution in [1.29, 1.82) is 0 Å². The van der Waals surface area contributed by atoms with E-state index in [4.69, 9.17) is 0 Å². The monoisotopic (exact) mass is 312 g/mol. The number of likely N-dealkylation sites (tertiary alicyclic amines) is 1. The summed E-state index contributed by atoms with van der Waals surface area (Å²) in [7, 11) is 2.23. The molecule has 1 fully saturated rings. The molecule has 1 aliphatic heterocycles. The van der Waals surface area contributed by atoms with Gasteiger partial charge in [-0.2, -0.15) is 0 Å². The van der Waals surface area contributed by atoms with Gasteiger partial charge in [0.05, 0.1) is 5.60 Å². The van der Waals surface area contributed by atoms with Gasteiger partial charge in [-0.15, -0.1) is 0 Å². The van der Waals surface area contributed by atoms with Crippen molar-refractivity contribution in [2.45, 2.75) is 51.2 Å². The lowest BCUT2D eigenvalue weighted by Crippen LogP contribution is -2.26. The predicted molar refractivity (Wildman–Crippen MR) is 97.6 cm³/mol. The van der Waals surface area contributed by atoms with E-state index in [1.54, 1.807) is 0 Å². The second-order valence-electron chi connectivity index (χ2n) is 7.52. The number of benzene rings is 1. The molecule has 0 unspecified atom stereocenters. The third-order valence-electron chi connectivity index (χ3n) is 4.85. The average Bonchev–Trinajstić information content (AvgIpc) is 3.05. The van der Waals surface area contributed by atoms with E-state index < -0.39 is 5.60 Å². The van der Waals surface area contributed by atoms with Gasteiger partial charge in [-0.25, -0.2) is 0 Å². The molecular weight excluding hydrogens is 284 g/mol. The first-order valence-corrected chi connectivity index (χ1v) is 8.61. The van der Waals surface area contributed by atoms with E-state index in [1.165, 1.54) is 41.4 Å². The SMILES string of the molecule is CN1CCC[C@@H]1Cc1c[nH]c2ccc(/C=C/CC(C)(C)O)cc12. The fourth-order valence-electron chi connectivity index (χ4n) is 3.44. The molecular formula is C20H28N2O. The molecule has 0 saturated carbocycles. The van der Waals surface area contributed by atoms with E-state index in [-0.39, 0.29) is 0 Å². The van der Waals surface area contributed by atoms with Crippen LogP contribution in [-0.2, 0) is 6.42 Å². The minimum atomic E-state index is -0.646. The van der Waals surface area contributed by atoms with Crippen LogP contribution in [0.25, 0.3) is 17.0 Å². The Labute approximate surface area is 139 Å². The van der Waals surface area contributed by atoms with Crippen LogP contribution in [0.1, 0.15) is 44.2 Å². The summed E-state index contributed by atoms with van der Waals surface area (Å²) < 4.78 is 0. The fraction of sp³-hybridized carbons (Fsp3) is 0.500. The molecule has 1 aliphatic rings. The third-order valence-corrected chi connectivity index (χ3v) is 4.85. The van der Waals surface area contributed by atoms with Crippen LogP contribution >= 0.6 is 0 Å². The molecule has 0 spiro atoms. The first-order chi connectivity index (χ1) is 10.9. The van der Waals surface area contributed by atoms with Crippen molar-refractivity contribution in [2.24, 2.45) is 0 Å². The highest BCUT2D eigenvalue weighted by Gasteiger charge is 2.22. The maximum atomic E-state index is 9.80. The van der Waals surface area contributed by atoms with Crippen LogP contribution in [0.2, 0.25) is 0 Å². The van der Waals surface area contributed by atoms with Gasteiger partial charge in [-0.1, -0.05) is 18.2 Å². The molecule has 1 saturated heterocycles. The first kappa shape index (κ1) is 16.3. The van der Waals surface area contributed by atoms with E-state index in [2.05, 4.69) is 53.5 Å². The Morgan fingerprint density at radius 3 is 2.91 bits per heavy atom. The van der Waals surface area contributed by atoms with Gasteiger partial charge >= 0.3 is 0 Å². The molecule has 0 bridgehead atoms. The Hall–Kier alpha value is -1.58. The summed E-state index contributed by atoms with van der Waals surface area (Å²) in [6.07, 6.45) is 10.7. The molecule has 3 heteroatoms. The Kier molecular flexibility index (Phi) is 4.60. The first-order valence-electron chi connectivity index (χ1n) is 8.61. The number of H-pyrrole nitrogens is 1. The molecule has 124 valence electrons. The minimum Gasteiger partial charge on any atom is -0.390 e. The Balaban J connectivity index is 1.79. The molecule has 1 aromatic heterocycles. The standard InChI is InChI=1S/C20H28N2O/c1-20(2,23)10-4-6-15-8-9-19-18(12-15)16(14-21-19)13-17-7-5-11-22(17)3/h4,6,8-9,12,14,17,21,23H,5,7,10-11,13H2,1-3H3/b6-4+/t17-/m1/s1. The quantitative estimate of drug-likeness (QED) is 0.876. The number of fused-ring (bicyclic) bond motifs is 1. The van der Waals surface area contributed by atoms with Crippen molar-refractivity contribution in [3.05, 3.63) is 41.6 Å². The summed E-state index contributed by atoms with van der Waals surface area (Å²) in [5, 5.41) is 11.1. The van der Waals surface area contributed by atoms with Crippen molar-refractivity contribution < 1.29 is 5.11 Å². The maximum absolute atomic E-state index is 9.80. The topological polar surface area (TPSA) is 39.3 Å². The van der Waals surface area contributed by atoms with Crippen LogP contribution in [0.4, 0.5) is 0 Å². The Morgan fingerprint density at radius 2 is 2.22 bits per heavy atom. The molecule has 3 rings (SSSR count). The van der Waals surface area contributed by atoms with Gasteiger partial charge < -0.3 is 15.0 Å². The summed E-state index contributed by atoms with van der Waals surface area (Å²) in [6, 6.07) is 7.21. The lowest BCUT2D eigenvalue weighted by atomic mass is 10.0. The van der Waals surface area contributed by atoms with E-state index in [0.717, 1.165) is 6.42 Å². The minimum absolute atomic E-state index is 0.646. The molecule has 2 heterocycles. The van der Waals surface area contributed by atoms with E-state index in [9.17, 15) is 5.11 Å². The van der Waals surface area contributed by atoms with Gasteiger partial charge in [0, 0.05) is 23.1 Å². The van der Waals surface area contributed by atoms with E-state index in [0.29, 0.717) is 12.5 Å². The number of rotatable bonds is 5. The van der Waals surface area contributed by atoms with Gasteiger partial charge in [0.15, 0.2) is 0 Å². The molecule has 1 atom stereocenters. The lowest BCUT2D eigenvalue weighted by molar-refractivity contribution is 0.0841. The number of aliphatic hydroxyl groups is 1. The van der Waals surface area contributed by atoms with Crippen LogP contribution < -0.4 is 0 Å². The zero-order valence-electron chi connectivity index (χ0n) is 14.5. The Bertz CT molecular complexity index is 693. The zero-order valence-corrected chi connectivity index (χ0v) is 14.5. The largest absolute Gasteiger partial charge is 0.390 e. The molecule has 0 amide bonds. The summed E-state index contributed by atoms with van der Waals surface area (Å²) >= 11 is 0. The van der Waals surface area contributed by atoms with Crippen LogP contribution in [0, 0.1) is 0 Å². The smallest absolute Gasteiger partial charge is 0.0626 e. The average molecular weight is 312 g/mol. The number of aromatic amines is 1. The number of nitrogens with zero attached hydrogens (tertiary/aromatic N) is 1. The van der Waals surface area contributed by atoms with Crippen molar-refractivity contribution in [2.75, 3.05) is 13.6 Å². The predicted octanol–water partition coefficient (Wildman–Crippen LogP) is 3.98. The molecule has 2 N–H and O–H groups in total. The maximum Gasteiger partial charge on any atom is 0.0626 e. The van der Waals surface area contributed by atoms with E-state index in [1.807, 2.05) is 13.8 Å². The van der Waals surface area contributed by atoms with Crippen molar-refractivity contribution >= 4 is 17.0 Å². The number of nitrogens with one attached hydrogen (secondary N) is 1. The fourth-order valence-corrected chi connectivity index (χ4v) is 3.44. The van der Waals surface area contributed by atoms with Crippen LogP contribution in [0.5, 0.6) is 0 Å². The van der Waals surface area contributed by atoms with Gasteiger partial charge in [0.2, 0.25) is 0 Å². The highest BCUT2D eigenvalue weighted by molar-refractivity contribution is 5.85. The van der Waals surface area contributed by atoms with Crippen LogP contribution in [0.3, 0.4) is 0 Å². The molecule has 0 aliphatic carbocycles. The highest BCUT2D eigenvalue weighted by atomic mass is 16.3. The molecule has 0 radical (unpaired) electrons. The molecule has 1 aromatic carbocycles. The van der Waals surface area contributed by atoms with Crippen molar-refractivity contribution in [1.82, 2.24) is 9.88 Å². The molecule has 23 heavy (non-hydrogen) atoms. The second-order valence-corrected chi connectivity index (χ2v) is 7.52. The van der Waals surface area contributed by atoms with Crippen molar-refractivity contribution in [3.63, 3.8) is 0 Å². The Morgan fingerprint density at radius 1 is 1.39 bits per heavy atom. The van der Waals surface area contributed by atoms with Crippen molar-refractivity contribution in [3.8, 4) is 0 Å². The number of hydrogen-bond donors (Lipinski definition) is 2.